The molecule has 0 saturated heterocycles. The normalized spacial score (nSPS) is 21.2. The lowest BCUT2D eigenvalue weighted by atomic mass is 9.92. The number of carbonyl (C=O) groups is 1. The molecule has 0 heterocycles. The van der Waals surface area contributed by atoms with Crippen LogP contribution >= 0.6 is 12.4 Å². The number of benzene rings is 1. The third-order valence-corrected chi connectivity index (χ3v) is 3.85. The molecule has 0 radical (unpaired) electrons. The number of carbonyl (C=O) groups excluding carboxylic acids is 1. The fraction of sp³-hybridized carbons (Fsp3) is 0.562. The summed E-state index contributed by atoms with van der Waals surface area (Å²) in [6.45, 7) is 2.16. The Morgan fingerprint density at radius 1 is 1.29 bits per heavy atom. The van der Waals surface area contributed by atoms with Crippen molar-refractivity contribution in [2.45, 2.75) is 51.1 Å². The van der Waals surface area contributed by atoms with Gasteiger partial charge in [-0.15, -0.1) is 12.4 Å². The van der Waals surface area contributed by atoms with Crippen molar-refractivity contribution in [3.05, 3.63) is 29.8 Å². The highest BCUT2D eigenvalue weighted by Crippen LogP contribution is 2.19. The van der Waals surface area contributed by atoms with Gasteiger partial charge in [0.15, 0.2) is 6.61 Å². The second kappa shape index (κ2) is 8.90. The lowest BCUT2D eigenvalue weighted by Gasteiger charge is -2.26. The molecule has 1 aromatic carbocycles. The van der Waals surface area contributed by atoms with E-state index in [4.69, 9.17) is 10.5 Å². The van der Waals surface area contributed by atoms with Crippen molar-refractivity contribution in [3.8, 4) is 5.75 Å². The molecule has 4 nitrogen and oxygen atoms in total. The minimum atomic E-state index is -0.0450. The third-order valence-electron chi connectivity index (χ3n) is 3.85. The first-order valence-electron chi connectivity index (χ1n) is 7.44. The Bertz CT molecular complexity index is 446. The van der Waals surface area contributed by atoms with E-state index in [9.17, 15) is 4.79 Å². The molecule has 3 N–H and O–H groups in total. The minimum absolute atomic E-state index is 0. The van der Waals surface area contributed by atoms with Crippen LogP contribution in [-0.4, -0.2) is 24.6 Å². The molecular weight excluding hydrogens is 288 g/mol. The Morgan fingerprint density at radius 3 is 2.62 bits per heavy atom. The number of ether oxygens (including phenoxy) is 1. The summed E-state index contributed by atoms with van der Waals surface area (Å²) in [6.07, 6.45) is 4.82. The highest BCUT2D eigenvalue weighted by molar-refractivity contribution is 5.85. The van der Waals surface area contributed by atoms with Gasteiger partial charge in [0.25, 0.3) is 5.91 Å². The zero-order valence-corrected chi connectivity index (χ0v) is 13.3. The van der Waals surface area contributed by atoms with Gasteiger partial charge in [-0.25, -0.2) is 0 Å². The Labute approximate surface area is 132 Å². The molecule has 0 spiro atoms. The molecule has 0 aromatic heterocycles. The van der Waals surface area contributed by atoms with E-state index in [2.05, 4.69) is 12.2 Å². The van der Waals surface area contributed by atoms with Gasteiger partial charge in [-0.3, -0.25) is 4.79 Å². The van der Waals surface area contributed by atoms with Crippen LogP contribution < -0.4 is 15.8 Å². The number of rotatable bonds is 5. The van der Waals surface area contributed by atoms with Crippen LogP contribution in [0.2, 0.25) is 0 Å². The number of nitrogens with one attached hydrogen (secondary N) is 1. The summed E-state index contributed by atoms with van der Waals surface area (Å²) in [7, 11) is 0. The maximum atomic E-state index is 11.9. The maximum absolute atomic E-state index is 11.9. The molecule has 0 unspecified atom stereocenters. The third kappa shape index (κ3) is 5.56. The highest BCUT2D eigenvalue weighted by atomic mass is 35.5. The van der Waals surface area contributed by atoms with E-state index in [0.717, 1.165) is 43.4 Å². The molecule has 1 amide bonds. The number of aryl methyl sites for hydroxylation is 1. The average molecular weight is 313 g/mol. The zero-order valence-electron chi connectivity index (χ0n) is 12.5. The molecule has 1 aliphatic carbocycles. The number of hydrogen-bond acceptors (Lipinski definition) is 3. The molecule has 0 bridgehead atoms. The lowest BCUT2D eigenvalue weighted by molar-refractivity contribution is -0.124. The van der Waals surface area contributed by atoms with Gasteiger partial charge in [-0.1, -0.05) is 25.1 Å². The number of hydrogen-bond donors (Lipinski definition) is 2. The summed E-state index contributed by atoms with van der Waals surface area (Å²) in [6, 6.07) is 8.40. The Hall–Kier alpha value is -1.26. The van der Waals surface area contributed by atoms with Gasteiger partial charge < -0.3 is 15.8 Å². The van der Waals surface area contributed by atoms with Crippen molar-refractivity contribution in [1.82, 2.24) is 5.32 Å². The van der Waals surface area contributed by atoms with Crippen LogP contribution in [0, 0.1) is 0 Å². The summed E-state index contributed by atoms with van der Waals surface area (Å²) in [5.74, 6) is 0.757. The monoisotopic (exact) mass is 312 g/mol. The van der Waals surface area contributed by atoms with E-state index in [1.54, 1.807) is 0 Å². The van der Waals surface area contributed by atoms with Gasteiger partial charge in [-0.2, -0.15) is 0 Å². The first kappa shape index (κ1) is 17.8. The number of halogens is 1. The molecular formula is C16H25ClN2O2. The fourth-order valence-corrected chi connectivity index (χ4v) is 2.61. The van der Waals surface area contributed by atoms with Crippen LogP contribution in [0.4, 0.5) is 0 Å². The van der Waals surface area contributed by atoms with Gasteiger partial charge in [-0.05, 0) is 43.7 Å². The number of para-hydroxylation sites is 1. The molecule has 0 aliphatic heterocycles. The molecule has 1 fully saturated rings. The van der Waals surface area contributed by atoms with Crippen LogP contribution in [0.3, 0.4) is 0 Å². The SMILES string of the molecule is CCc1ccccc1OCC(=O)NC1CCC(N)CC1.Cl. The maximum Gasteiger partial charge on any atom is 0.258 e. The Morgan fingerprint density at radius 2 is 1.95 bits per heavy atom. The predicted molar refractivity (Wildman–Crippen MR) is 86.9 cm³/mol. The van der Waals surface area contributed by atoms with Gasteiger partial charge in [0.2, 0.25) is 0 Å². The summed E-state index contributed by atoms with van der Waals surface area (Å²) < 4.78 is 5.62. The van der Waals surface area contributed by atoms with Crippen LogP contribution in [0.15, 0.2) is 24.3 Å². The molecule has 2 rings (SSSR count). The van der Waals surface area contributed by atoms with Crippen LogP contribution in [0.1, 0.15) is 38.2 Å². The largest absolute Gasteiger partial charge is 0.483 e. The van der Waals surface area contributed by atoms with E-state index in [0.29, 0.717) is 6.04 Å². The first-order valence-corrected chi connectivity index (χ1v) is 7.44. The van der Waals surface area contributed by atoms with Crippen molar-refractivity contribution in [1.29, 1.82) is 0 Å². The van der Waals surface area contributed by atoms with Crippen LogP contribution in [0.5, 0.6) is 5.75 Å². The second-order valence-electron chi connectivity index (χ2n) is 5.43. The Kier molecular flexibility index (Phi) is 7.54. The quantitative estimate of drug-likeness (QED) is 0.877. The summed E-state index contributed by atoms with van der Waals surface area (Å²) in [5, 5.41) is 3.03. The Balaban J connectivity index is 0.00000220. The zero-order chi connectivity index (χ0) is 14.4. The summed E-state index contributed by atoms with van der Waals surface area (Å²) >= 11 is 0. The molecule has 1 saturated carbocycles. The molecule has 0 atom stereocenters. The van der Waals surface area contributed by atoms with E-state index in [1.807, 2.05) is 24.3 Å². The fourth-order valence-electron chi connectivity index (χ4n) is 2.61. The summed E-state index contributed by atoms with van der Waals surface area (Å²) in [4.78, 5) is 11.9. The van der Waals surface area contributed by atoms with Crippen molar-refractivity contribution >= 4 is 18.3 Å². The van der Waals surface area contributed by atoms with E-state index in [-0.39, 0.29) is 31.0 Å². The van der Waals surface area contributed by atoms with Crippen molar-refractivity contribution in [2.75, 3.05) is 6.61 Å². The van der Waals surface area contributed by atoms with Crippen molar-refractivity contribution in [3.63, 3.8) is 0 Å². The second-order valence-corrected chi connectivity index (χ2v) is 5.43. The van der Waals surface area contributed by atoms with Crippen molar-refractivity contribution in [2.24, 2.45) is 5.73 Å². The molecule has 5 heteroatoms. The molecule has 1 aliphatic rings. The van der Waals surface area contributed by atoms with Gasteiger partial charge in [0.05, 0.1) is 0 Å². The summed E-state index contributed by atoms with van der Waals surface area (Å²) in [5.41, 5.74) is 6.99. The molecule has 1 aromatic rings. The minimum Gasteiger partial charge on any atom is -0.483 e. The predicted octanol–water partition coefficient (Wildman–Crippen LogP) is 2.44. The lowest BCUT2D eigenvalue weighted by Crippen LogP contribution is -2.42. The van der Waals surface area contributed by atoms with Crippen LogP contribution in [-0.2, 0) is 11.2 Å². The number of nitrogens with two attached hydrogens (primary N) is 1. The topological polar surface area (TPSA) is 64.3 Å². The number of amides is 1. The van der Waals surface area contributed by atoms with E-state index in [1.165, 1.54) is 0 Å². The van der Waals surface area contributed by atoms with Crippen molar-refractivity contribution < 1.29 is 9.53 Å². The molecule has 21 heavy (non-hydrogen) atoms. The van der Waals surface area contributed by atoms with Crippen LogP contribution in [0.25, 0.3) is 0 Å². The van der Waals surface area contributed by atoms with Gasteiger partial charge in [0, 0.05) is 12.1 Å². The van der Waals surface area contributed by atoms with Gasteiger partial charge >= 0.3 is 0 Å². The average Bonchev–Trinajstić information content (AvgIpc) is 2.48. The smallest absolute Gasteiger partial charge is 0.258 e. The van der Waals surface area contributed by atoms with E-state index >= 15 is 0 Å². The highest BCUT2D eigenvalue weighted by Gasteiger charge is 2.20. The standard InChI is InChI=1S/C16H24N2O2.ClH/c1-2-12-5-3-4-6-15(12)20-11-16(19)18-14-9-7-13(17)8-10-14;/h3-6,13-14H,2,7-11,17H2,1H3,(H,18,19);1H. The van der Waals surface area contributed by atoms with E-state index < -0.39 is 0 Å². The first-order chi connectivity index (χ1) is 9.69. The van der Waals surface area contributed by atoms with Gasteiger partial charge in [0.1, 0.15) is 5.75 Å². The molecule has 118 valence electrons.